The molecule has 1 aliphatic heterocycles. The van der Waals surface area contributed by atoms with Gasteiger partial charge in [0.15, 0.2) is 0 Å². The lowest BCUT2D eigenvalue weighted by atomic mass is 9.95. The van der Waals surface area contributed by atoms with Crippen molar-refractivity contribution in [1.82, 2.24) is 4.90 Å². The summed E-state index contributed by atoms with van der Waals surface area (Å²) < 4.78 is 5.28. The van der Waals surface area contributed by atoms with E-state index in [1.54, 1.807) is 24.3 Å². The fourth-order valence-corrected chi connectivity index (χ4v) is 2.39. The number of rotatable bonds is 5. The Bertz CT molecular complexity index is 415. The Kier molecular flexibility index (Phi) is 5.19. The molecule has 0 aromatic heterocycles. The summed E-state index contributed by atoms with van der Waals surface area (Å²) in [6, 6.07) is 7.06. The number of nitrogens with zero attached hydrogens (tertiary/aromatic N) is 1. The lowest BCUT2D eigenvalue weighted by Crippen LogP contribution is -2.37. The van der Waals surface area contributed by atoms with Crippen LogP contribution in [0, 0.1) is 0 Å². The normalized spacial score (nSPS) is 18.2. The fraction of sp³-hybridized carbons (Fsp3) is 0.500. The van der Waals surface area contributed by atoms with Crippen LogP contribution in [0.4, 0.5) is 0 Å². The second kappa shape index (κ2) is 6.89. The maximum atomic E-state index is 11.4. The van der Waals surface area contributed by atoms with E-state index in [-0.39, 0.29) is 0 Å². The second-order valence-electron chi connectivity index (χ2n) is 4.69. The van der Waals surface area contributed by atoms with Crippen molar-refractivity contribution in [2.75, 3.05) is 32.8 Å². The highest BCUT2D eigenvalue weighted by atomic mass is 35.5. The number of hydrogen-bond donors (Lipinski definition) is 1. The van der Waals surface area contributed by atoms with Crippen LogP contribution in [0.15, 0.2) is 24.3 Å². The van der Waals surface area contributed by atoms with Crippen molar-refractivity contribution in [2.24, 2.45) is 0 Å². The maximum absolute atomic E-state index is 11.4. The molecule has 1 atom stereocenters. The van der Waals surface area contributed by atoms with E-state index < -0.39 is 11.9 Å². The van der Waals surface area contributed by atoms with Gasteiger partial charge in [-0.05, 0) is 30.7 Å². The lowest BCUT2D eigenvalue weighted by Gasteiger charge is -2.27. The van der Waals surface area contributed by atoms with E-state index in [0.29, 0.717) is 11.4 Å². The van der Waals surface area contributed by atoms with E-state index in [2.05, 4.69) is 4.90 Å². The molecule has 1 aromatic carbocycles. The predicted octanol–water partition coefficient (Wildman–Crippen LogP) is 2.23. The van der Waals surface area contributed by atoms with Crippen molar-refractivity contribution in [1.29, 1.82) is 0 Å². The summed E-state index contributed by atoms with van der Waals surface area (Å²) in [5.74, 6) is -1.25. The molecule has 1 saturated heterocycles. The summed E-state index contributed by atoms with van der Waals surface area (Å²) in [7, 11) is 0. The van der Waals surface area contributed by atoms with Gasteiger partial charge in [-0.2, -0.15) is 0 Å². The molecule has 4 nitrogen and oxygen atoms in total. The first kappa shape index (κ1) is 14.3. The topological polar surface area (TPSA) is 49.8 Å². The highest BCUT2D eigenvalue weighted by Crippen LogP contribution is 2.22. The first-order chi connectivity index (χ1) is 9.16. The van der Waals surface area contributed by atoms with Gasteiger partial charge in [0.2, 0.25) is 0 Å². The molecule has 1 fully saturated rings. The number of carbonyl (C=O) groups is 1. The minimum absolute atomic E-state index is 0.472. The number of hydrogen-bond acceptors (Lipinski definition) is 3. The number of benzene rings is 1. The van der Waals surface area contributed by atoms with E-state index in [9.17, 15) is 9.90 Å². The molecule has 0 spiro atoms. The van der Waals surface area contributed by atoms with Gasteiger partial charge in [0.25, 0.3) is 0 Å². The Morgan fingerprint density at radius 3 is 2.53 bits per heavy atom. The van der Waals surface area contributed by atoms with Crippen molar-refractivity contribution >= 4 is 17.6 Å². The average molecular weight is 284 g/mol. The molecule has 5 heteroatoms. The zero-order chi connectivity index (χ0) is 13.7. The van der Waals surface area contributed by atoms with Crippen LogP contribution in [0.2, 0.25) is 5.02 Å². The monoisotopic (exact) mass is 283 g/mol. The second-order valence-corrected chi connectivity index (χ2v) is 5.12. The highest BCUT2D eigenvalue weighted by Gasteiger charge is 2.21. The third kappa shape index (κ3) is 4.20. The quantitative estimate of drug-likeness (QED) is 0.900. The first-order valence-electron chi connectivity index (χ1n) is 6.45. The zero-order valence-electron chi connectivity index (χ0n) is 10.7. The van der Waals surface area contributed by atoms with Gasteiger partial charge in [0, 0.05) is 18.1 Å². The first-order valence-corrected chi connectivity index (χ1v) is 6.83. The number of carboxylic acid groups (broad SMARTS) is 1. The molecule has 0 bridgehead atoms. The van der Waals surface area contributed by atoms with Crippen molar-refractivity contribution < 1.29 is 14.6 Å². The van der Waals surface area contributed by atoms with Gasteiger partial charge < -0.3 is 9.84 Å². The minimum atomic E-state index is -0.782. The molecule has 0 radical (unpaired) electrons. The summed E-state index contributed by atoms with van der Waals surface area (Å²) >= 11 is 5.83. The standard InChI is InChI=1S/C14H18ClNO3/c15-12-3-1-11(2-4-12)13(14(17)18)5-6-16-7-9-19-10-8-16/h1-4,13H,5-10H2,(H,17,18). The van der Waals surface area contributed by atoms with Gasteiger partial charge in [-0.15, -0.1) is 0 Å². The largest absolute Gasteiger partial charge is 0.481 e. The highest BCUT2D eigenvalue weighted by molar-refractivity contribution is 6.30. The SMILES string of the molecule is O=C(O)C(CCN1CCOCC1)c1ccc(Cl)cc1. The van der Waals surface area contributed by atoms with E-state index >= 15 is 0 Å². The number of carboxylic acids is 1. The molecule has 0 saturated carbocycles. The summed E-state index contributed by atoms with van der Waals surface area (Å²) in [4.78, 5) is 13.6. The molecular formula is C14H18ClNO3. The van der Waals surface area contributed by atoms with Crippen LogP contribution in [-0.4, -0.2) is 48.8 Å². The summed E-state index contributed by atoms with van der Waals surface area (Å²) in [5.41, 5.74) is 0.810. The summed E-state index contributed by atoms with van der Waals surface area (Å²) in [6.07, 6.45) is 0.608. The van der Waals surface area contributed by atoms with Gasteiger partial charge in [0.1, 0.15) is 0 Å². The predicted molar refractivity (Wildman–Crippen MR) is 73.7 cm³/mol. The van der Waals surface area contributed by atoms with Crippen LogP contribution < -0.4 is 0 Å². The van der Waals surface area contributed by atoms with Crippen molar-refractivity contribution in [3.63, 3.8) is 0 Å². The summed E-state index contributed by atoms with van der Waals surface area (Å²) in [5, 5.41) is 9.98. The fourth-order valence-electron chi connectivity index (χ4n) is 2.26. The van der Waals surface area contributed by atoms with Gasteiger partial charge in [-0.25, -0.2) is 0 Å². The molecule has 1 aromatic rings. The van der Waals surface area contributed by atoms with Crippen molar-refractivity contribution in [2.45, 2.75) is 12.3 Å². The van der Waals surface area contributed by atoms with Crippen molar-refractivity contribution in [3.8, 4) is 0 Å². The Balaban J connectivity index is 1.96. The number of halogens is 1. The van der Waals surface area contributed by atoms with E-state index in [4.69, 9.17) is 16.3 Å². The molecule has 104 valence electrons. The molecule has 1 heterocycles. The van der Waals surface area contributed by atoms with Gasteiger partial charge >= 0.3 is 5.97 Å². The number of morpholine rings is 1. The number of aliphatic carboxylic acids is 1. The number of ether oxygens (including phenoxy) is 1. The third-order valence-electron chi connectivity index (χ3n) is 3.41. The van der Waals surface area contributed by atoms with Gasteiger partial charge in [-0.3, -0.25) is 9.69 Å². The van der Waals surface area contributed by atoms with Crippen LogP contribution in [0.1, 0.15) is 17.9 Å². The molecule has 0 aliphatic carbocycles. The average Bonchev–Trinajstić information content (AvgIpc) is 2.42. The Hall–Kier alpha value is -1.10. The lowest BCUT2D eigenvalue weighted by molar-refractivity contribution is -0.139. The Morgan fingerprint density at radius 1 is 1.32 bits per heavy atom. The van der Waals surface area contributed by atoms with Crippen LogP contribution >= 0.6 is 11.6 Å². The smallest absolute Gasteiger partial charge is 0.311 e. The van der Waals surface area contributed by atoms with Gasteiger partial charge in [0.05, 0.1) is 19.1 Å². The van der Waals surface area contributed by atoms with Gasteiger partial charge in [-0.1, -0.05) is 23.7 Å². The molecular weight excluding hydrogens is 266 g/mol. The maximum Gasteiger partial charge on any atom is 0.311 e. The van der Waals surface area contributed by atoms with Crippen LogP contribution in [0.3, 0.4) is 0 Å². The zero-order valence-corrected chi connectivity index (χ0v) is 11.5. The van der Waals surface area contributed by atoms with Crippen LogP contribution in [0.5, 0.6) is 0 Å². The van der Waals surface area contributed by atoms with E-state index in [1.807, 2.05) is 0 Å². The molecule has 1 unspecified atom stereocenters. The van der Waals surface area contributed by atoms with Crippen molar-refractivity contribution in [3.05, 3.63) is 34.9 Å². The molecule has 19 heavy (non-hydrogen) atoms. The summed E-state index contributed by atoms with van der Waals surface area (Å²) in [6.45, 7) is 4.01. The molecule has 1 N–H and O–H groups in total. The molecule has 1 aliphatic rings. The molecule has 0 amide bonds. The van der Waals surface area contributed by atoms with Crippen LogP contribution in [0.25, 0.3) is 0 Å². The van der Waals surface area contributed by atoms with E-state index in [0.717, 1.165) is 38.4 Å². The Morgan fingerprint density at radius 2 is 1.95 bits per heavy atom. The Labute approximate surface area is 117 Å². The minimum Gasteiger partial charge on any atom is -0.481 e. The van der Waals surface area contributed by atoms with Crippen LogP contribution in [-0.2, 0) is 9.53 Å². The molecule has 2 rings (SSSR count). The van der Waals surface area contributed by atoms with E-state index in [1.165, 1.54) is 0 Å². The third-order valence-corrected chi connectivity index (χ3v) is 3.66.